The maximum Gasteiger partial charge on any atom is 0.528 e. The second kappa shape index (κ2) is 12.7. The van der Waals surface area contributed by atoms with Crippen molar-refractivity contribution >= 4 is 29.5 Å². The Bertz CT molecular complexity index is 538. The van der Waals surface area contributed by atoms with E-state index in [1.54, 1.807) is 0 Å². The number of carboxylic acids is 2. The van der Waals surface area contributed by atoms with Gasteiger partial charge in [-0.15, -0.1) is 0 Å². The van der Waals surface area contributed by atoms with Crippen LogP contribution in [-0.2, 0) is 36.1 Å². The average Bonchev–Trinajstić information content (AvgIpc) is 2.70. The zero-order chi connectivity index (χ0) is 21.8. The summed E-state index contributed by atoms with van der Waals surface area (Å²) in [4.78, 5) is 23.2. The molecule has 0 radical (unpaired) electrons. The third-order valence-corrected chi connectivity index (χ3v) is 8.58. The number of hydrogen-bond acceptors (Lipinski definition) is 8. The molecular weight excluding hydrogens is 408 g/mol. The van der Waals surface area contributed by atoms with E-state index in [2.05, 4.69) is 0 Å². The van der Waals surface area contributed by atoms with Crippen molar-refractivity contribution in [3.05, 3.63) is 34.7 Å². The monoisotopic (exact) mass is 436 g/mol. The maximum atomic E-state index is 11.6. The van der Waals surface area contributed by atoms with Crippen molar-refractivity contribution in [2.45, 2.75) is 12.8 Å². The van der Waals surface area contributed by atoms with Gasteiger partial charge in [0.2, 0.25) is 0 Å². The van der Waals surface area contributed by atoms with Crippen LogP contribution in [0, 0.1) is 0 Å². The Morgan fingerprint density at radius 1 is 0.643 bits per heavy atom. The lowest BCUT2D eigenvalue weighted by Gasteiger charge is -2.20. The summed E-state index contributed by atoms with van der Waals surface area (Å²) in [6.07, 6.45) is 2.60. The summed E-state index contributed by atoms with van der Waals surface area (Å²) in [6, 6.07) is 0. The van der Waals surface area contributed by atoms with E-state index < -0.39 is 29.5 Å². The van der Waals surface area contributed by atoms with E-state index in [9.17, 15) is 19.8 Å². The fourth-order valence-corrected chi connectivity index (χ4v) is 4.86. The van der Waals surface area contributed by atoms with Gasteiger partial charge in [-0.2, -0.15) is 0 Å². The van der Waals surface area contributed by atoms with Gasteiger partial charge in [0.1, 0.15) is 0 Å². The molecule has 10 nitrogen and oxygen atoms in total. The minimum Gasteiger partial charge on any atom is -0.478 e. The molecule has 0 aromatic heterocycles. The van der Waals surface area contributed by atoms with Crippen LogP contribution >= 0.6 is 0 Å². The zero-order valence-corrected chi connectivity index (χ0v) is 18.9. The lowest BCUT2D eigenvalue weighted by Crippen LogP contribution is -2.41. The second-order valence-corrected chi connectivity index (χ2v) is 10.7. The van der Waals surface area contributed by atoms with Gasteiger partial charge in [-0.1, -0.05) is 12.2 Å². The third-order valence-electron chi connectivity index (χ3n) is 3.88. The smallest absolute Gasteiger partial charge is 0.478 e. The molecule has 0 rings (SSSR count). The molecule has 0 saturated heterocycles. The van der Waals surface area contributed by atoms with Gasteiger partial charge < -0.3 is 36.8 Å². The van der Waals surface area contributed by atoms with Gasteiger partial charge in [-0.05, 0) is 24.2 Å². The first kappa shape index (κ1) is 26.4. The highest BCUT2D eigenvalue weighted by molar-refractivity contribution is 6.66. The van der Waals surface area contributed by atoms with Crippen molar-refractivity contribution in [3.8, 4) is 0 Å². The van der Waals surface area contributed by atoms with Crippen LogP contribution in [0.3, 0.4) is 0 Å². The molecule has 0 atom stereocenters. The Morgan fingerprint density at radius 3 is 1.07 bits per heavy atom. The van der Waals surface area contributed by atoms with E-state index in [1.165, 1.54) is 66.2 Å². The Labute approximate surface area is 166 Å². The Kier molecular flexibility index (Phi) is 12.0. The number of carboxylic acid groups (broad SMARTS) is 2. The van der Waals surface area contributed by atoms with Crippen LogP contribution < -0.4 is 0 Å². The first-order chi connectivity index (χ1) is 13.2. The van der Waals surface area contributed by atoms with Gasteiger partial charge in [0, 0.05) is 42.7 Å². The maximum absolute atomic E-state index is 11.6. The normalized spacial score (nSPS) is 13.9. The quantitative estimate of drug-likeness (QED) is 0.302. The number of carbonyl (C=O) groups is 2. The highest BCUT2D eigenvalue weighted by Crippen LogP contribution is 2.18. The molecule has 0 unspecified atom stereocenters. The standard InChI is InChI=1S/C16H28O10Si2/c1-21-27(22-2,23-3)11-7-9-13(15(17)18)14(16(19)20)10-8-12-28(24-4,25-5)26-6/h7-8,11-12H,9-10H2,1-6H3,(H,17,18)(H,19,20)/b11-7+,12-8+,14-13+. The van der Waals surface area contributed by atoms with Crippen molar-refractivity contribution in [1.82, 2.24) is 0 Å². The van der Waals surface area contributed by atoms with Crippen molar-refractivity contribution < 1.29 is 46.4 Å². The molecule has 0 saturated carbocycles. The number of hydrogen-bond donors (Lipinski definition) is 2. The lowest BCUT2D eigenvalue weighted by atomic mass is 10.0. The number of rotatable bonds is 14. The molecule has 12 heteroatoms. The topological polar surface area (TPSA) is 130 Å². The van der Waals surface area contributed by atoms with E-state index in [0.717, 1.165) is 0 Å². The highest BCUT2D eigenvalue weighted by atomic mass is 28.4. The number of allylic oxidation sites excluding steroid dienone is 2. The summed E-state index contributed by atoms with van der Waals surface area (Å²) in [6.45, 7) is 0. The van der Waals surface area contributed by atoms with Gasteiger partial charge in [0.15, 0.2) is 0 Å². The van der Waals surface area contributed by atoms with Crippen LogP contribution in [0.5, 0.6) is 0 Å². The second-order valence-electron chi connectivity index (χ2n) is 5.21. The molecule has 0 spiro atoms. The Balaban J connectivity index is 5.72. The molecule has 0 fully saturated rings. The van der Waals surface area contributed by atoms with E-state index in [0.29, 0.717) is 0 Å². The van der Waals surface area contributed by atoms with E-state index in [1.807, 2.05) is 0 Å². The molecule has 160 valence electrons. The van der Waals surface area contributed by atoms with Crippen LogP contribution in [0.25, 0.3) is 0 Å². The molecular formula is C16H28O10Si2. The molecule has 0 aliphatic heterocycles. The minimum absolute atomic E-state index is 0.156. The molecule has 28 heavy (non-hydrogen) atoms. The SMILES string of the molecule is CO[Si](/C=C/C/C(C(=O)O)=C(/C/C=C/[Si](OC)(OC)OC)C(=O)O)(OC)OC. The Hall–Kier alpha value is -1.65. The van der Waals surface area contributed by atoms with Crippen LogP contribution in [0.4, 0.5) is 0 Å². The molecule has 0 aromatic carbocycles. The van der Waals surface area contributed by atoms with Gasteiger partial charge in [0.05, 0.1) is 11.1 Å². The largest absolute Gasteiger partial charge is 0.528 e. The van der Waals surface area contributed by atoms with Crippen LogP contribution in [-0.4, -0.2) is 82.4 Å². The lowest BCUT2D eigenvalue weighted by molar-refractivity contribution is -0.136. The predicted molar refractivity (Wildman–Crippen MR) is 103 cm³/mol. The first-order valence-electron chi connectivity index (χ1n) is 8.05. The zero-order valence-electron chi connectivity index (χ0n) is 16.9. The van der Waals surface area contributed by atoms with Crippen LogP contribution in [0.1, 0.15) is 12.8 Å². The summed E-state index contributed by atoms with van der Waals surface area (Å²) in [5.74, 6) is -2.69. The molecule has 0 heterocycles. The van der Waals surface area contributed by atoms with E-state index in [-0.39, 0.29) is 24.0 Å². The highest BCUT2D eigenvalue weighted by Gasteiger charge is 2.35. The molecule has 0 aliphatic rings. The predicted octanol–water partition coefficient (Wildman–Crippen LogP) is 1.18. The molecule has 0 aliphatic carbocycles. The first-order valence-corrected chi connectivity index (χ1v) is 11.7. The third kappa shape index (κ3) is 7.40. The summed E-state index contributed by atoms with van der Waals surface area (Å²) in [5.41, 5.74) is 2.42. The van der Waals surface area contributed by atoms with Gasteiger partial charge in [-0.3, -0.25) is 0 Å². The fraction of sp³-hybridized carbons (Fsp3) is 0.500. The summed E-state index contributed by atoms with van der Waals surface area (Å²) in [7, 11) is 2.34. The van der Waals surface area contributed by atoms with Crippen molar-refractivity contribution in [1.29, 1.82) is 0 Å². The summed E-state index contributed by atoms with van der Waals surface area (Å²) < 4.78 is 31.2. The molecule has 2 N–H and O–H groups in total. The van der Waals surface area contributed by atoms with Gasteiger partial charge >= 0.3 is 29.5 Å². The molecule has 0 amide bonds. The minimum atomic E-state index is -3.05. The molecule has 0 aromatic rings. The molecule has 0 bridgehead atoms. The van der Waals surface area contributed by atoms with Gasteiger partial charge in [0.25, 0.3) is 0 Å². The van der Waals surface area contributed by atoms with Crippen molar-refractivity contribution in [2.24, 2.45) is 0 Å². The summed E-state index contributed by atoms with van der Waals surface area (Å²) in [5, 5.41) is 18.9. The Morgan fingerprint density at radius 2 is 0.893 bits per heavy atom. The van der Waals surface area contributed by atoms with Gasteiger partial charge in [-0.25, -0.2) is 9.59 Å². The van der Waals surface area contributed by atoms with Crippen LogP contribution in [0.2, 0.25) is 0 Å². The van der Waals surface area contributed by atoms with Crippen LogP contribution in [0.15, 0.2) is 34.7 Å². The van der Waals surface area contributed by atoms with E-state index in [4.69, 9.17) is 26.6 Å². The van der Waals surface area contributed by atoms with Crippen molar-refractivity contribution in [2.75, 3.05) is 42.7 Å². The number of aliphatic carboxylic acids is 2. The fourth-order valence-electron chi connectivity index (χ4n) is 2.23. The summed E-state index contributed by atoms with van der Waals surface area (Å²) >= 11 is 0. The van der Waals surface area contributed by atoms with Crippen molar-refractivity contribution in [3.63, 3.8) is 0 Å². The van der Waals surface area contributed by atoms with E-state index >= 15 is 0 Å². The average molecular weight is 437 g/mol.